The van der Waals surface area contributed by atoms with E-state index in [-0.39, 0.29) is 23.2 Å². The lowest BCUT2D eigenvalue weighted by molar-refractivity contribution is -0.118. The molecule has 2 aliphatic rings. The molecule has 0 aromatic carbocycles. The summed E-state index contributed by atoms with van der Waals surface area (Å²) in [4.78, 5) is 25.5. The third-order valence-electron chi connectivity index (χ3n) is 6.00. The van der Waals surface area contributed by atoms with Gasteiger partial charge in [-0.1, -0.05) is 24.3 Å². The fourth-order valence-corrected chi connectivity index (χ4v) is 4.11. The molecule has 0 bridgehead atoms. The predicted octanol–water partition coefficient (Wildman–Crippen LogP) is 4.09. The number of aryl methyl sites for hydroxylation is 3. The molecule has 30 heavy (non-hydrogen) atoms. The fraction of sp³-hybridized carbons (Fsp3) is 0.391. The molecule has 6 nitrogen and oxygen atoms in total. The number of hydrogen-bond acceptors (Lipinski definition) is 5. The van der Waals surface area contributed by atoms with Gasteiger partial charge in [-0.2, -0.15) is 0 Å². The minimum absolute atomic E-state index is 0.114. The molecule has 3 atom stereocenters. The van der Waals surface area contributed by atoms with Crippen molar-refractivity contribution in [3.05, 3.63) is 65.7 Å². The number of carbonyl (C=O) groups is 1. The lowest BCUT2D eigenvalue weighted by Crippen LogP contribution is -2.29. The van der Waals surface area contributed by atoms with Crippen LogP contribution in [-0.4, -0.2) is 27.5 Å². The summed E-state index contributed by atoms with van der Waals surface area (Å²) in [5.41, 5.74) is 0.919. The third kappa shape index (κ3) is 3.97. The molecular formula is C23H25FN4O2. The molecule has 1 fully saturated rings. The minimum atomic E-state index is -0.392. The second-order valence-corrected chi connectivity index (χ2v) is 8.11. The van der Waals surface area contributed by atoms with Crippen LogP contribution in [0.1, 0.15) is 29.9 Å². The number of carbonyl (C=O) groups excluding carboxylic acids is 1. The first kappa shape index (κ1) is 20.2. The number of pyridine rings is 1. The van der Waals surface area contributed by atoms with Gasteiger partial charge in [-0.3, -0.25) is 4.79 Å². The number of halogens is 1. The van der Waals surface area contributed by atoms with Crippen molar-refractivity contribution in [2.24, 2.45) is 17.3 Å². The standard InChI is InChI=1S/C23H25FN4O2/c1-14-9-21(26-11-19(14)24)28-22(29)18-10-23(18,17-7-5-4-6-8-17)13-30-20-12-25-16(3)27-15(20)2/h4-7,9,11-12,17-18H,8,10,13H2,1-3H3,(H,26,28,29)/t17?,18-,23+/m0/s1. The molecule has 1 unspecified atom stereocenters. The maximum atomic E-state index is 13.5. The summed E-state index contributed by atoms with van der Waals surface area (Å²) in [7, 11) is 0. The summed E-state index contributed by atoms with van der Waals surface area (Å²) in [5, 5.41) is 2.84. The van der Waals surface area contributed by atoms with Crippen LogP contribution < -0.4 is 10.1 Å². The minimum Gasteiger partial charge on any atom is -0.489 e. The van der Waals surface area contributed by atoms with Gasteiger partial charge in [-0.05, 0) is 51.2 Å². The Hall–Kier alpha value is -3.09. The summed E-state index contributed by atoms with van der Waals surface area (Å²) >= 11 is 0. The summed E-state index contributed by atoms with van der Waals surface area (Å²) < 4.78 is 19.6. The van der Waals surface area contributed by atoms with Crippen LogP contribution in [0.3, 0.4) is 0 Å². The largest absolute Gasteiger partial charge is 0.489 e. The van der Waals surface area contributed by atoms with Crippen LogP contribution in [0.15, 0.2) is 42.8 Å². The highest BCUT2D eigenvalue weighted by molar-refractivity contribution is 5.94. The van der Waals surface area contributed by atoms with Crippen LogP contribution in [0.2, 0.25) is 0 Å². The van der Waals surface area contributed by atoms with E-state index in [1.165, 1.54) is 0 Å². The summed E-state index contributed by atoms with van der Waals surface area (Å²) in [6.45, 7) is 5.77. The molecule has 1 saturated carbocycles. The quantitative estimate of drug-likeness (QED) is 0.779. The summed E-state index contributed by atoms with van der Waals surface area (Å²) in [5.74, 6) is 1.18. The van der Waals surface area contributed by atoms with E-state index in [4.69, 9.17) is 4.74 Å². The topological polar surface area (TPSA) is 77.0 Å². The summed E-state index contributed by atoms with van der Waals surface area (Å²) in [6, 6.07) is 1.55. The van der Waals surface area contributed by atoms with Crippen molar-refractivity contribution in [2.75, 3.05) is 11.9 Å². The van der Waals surface area contributed by atoms with Gasteiger partial charge in [0.05, 0.1) is 24.7 Å². The first-order valence-corrected chi connectivity index (χ1v) is 10.1. The highest BCUT2D eigenvalue weighted by Gasteiger charge is 2.62. The van der Waals surface area contributed by atoms with Gasteiger partial charge in [-0.15, -0.1) is 0 Å². The molecule has 2 heterocycles. The van der Waals surface area contributed by atoms with Crippen molar-refractivity contribution >= 4 is 11.7 Å². The van der Waals surface area contributed by atoms with Crippen molar-refractivity contribution in [3.8, 4) is 5.75 Å². The molecule has 0 spiro atoms. The van der Waals surface area contributed by atoms with Crippen molar-refractivity contribution in [2.45, 2.75) is 33.6 Å². The lowest BCUT2D eigenvalue weighted by atomic mass is 9.82. The van der Waals surface area contributed by atoms with E-state index in [2.05, 4.69) is 32.4 Å². The Balaban J connectivity index is 1.51. The van der Waals surface area contributed by atoms with Crippen LogP contribution in [-0.2, 0) is 4.79 Å². The molecule has 7 heteroatoms. The number of aromatic nitrogens is 3. The fourth-order valence-electron chi connectivity index (χ4n) is 4.11. The van der Waals surface area contributed by atoms with Gasteiger partial charge in [0.25, 0.3) is 0 Å². The normalized spacial score (nSPS) is 24.5. The molecular weight excluding hydrogens is 383 g/mol. The first-order valence-electron chi connectivity index (χ1n) is 10.1. The van der Waals surface area contributed by atoms with Gasteiger partial charge in [0.2, 0.25) is 5.91 Å². The van der Waals surface area contributed by atoms with Gasteiger partial charge in [0.1, 0.15) is 17.5 Å². The summed E-state index contributed by atoms with van der Waals surface area (Å²) in [6.07, 6.45) is 12.7. The molecule has 1 amide bonds. The number of nitrogens with zero attached hydrogens (tertiary/aromatic N) is 3. The molecule has 0 radical (unpaired) electrons. The molecule has 0 saturated heterocycles. The Bertz CT molecular complexity index is 1040. The van der Waals surface area contributed by atoms with E-state index in [9.17, 15) is 9.18 Å². The zero-order valence-electron chi connectivity index (χ0n) is 17.4. The van der Waals surface area contributed by atoms with E-state index in [1.807, 2.05) is 26.0 Å². The van der Waals surface area contributed by atoms with Gasteiger partial charge in [-0.25, -0.2) is 19.3 Å². The Kier molecular flexibility index (Phi) is 5.37. The Morgan fingerprint density at radius 2 is 2.10 bits per heavy atom. The molecule has 2 aliphatic carbocycles. The average molecular weight is 408 g/mol. The third-order valence-corrected chi connectivity index (χ3v) is 6.00. The van der Waals surface area contributed by atoms with Gasteiger partial charge in [0, 0.05) is 11.3 Å². The number of allylic oxidation sites excluding steroid dienone is 4. The number of hydrogen-bond donors (Lipinski definition) is 1. The Morgan fingerprint density at radius 1 is 1.27 bits per heavy atom. The molecule has 2 aromatic rings. The van der Waals surface area contributed by atoms with Crippen molar-refractivity contribution in [3.63, 3.8) is 0 Å². The van der Waals surface area contributed by atoms with E-state index in [0.29, 0.717) is 36.0 Å². The highest BCUT2D eigenvalue weighted by Crippen LogP contribution is 2.60. The van der Waals surface area contributed by atoms with Crippen molar-refractivity contribution in [1.29, 1.82) is 0 Å². The van der Waals surface area contributed by atoms with E-state index in [0.717, 1.165) is 18.3 Å². The van der Waals surface area contributed by atoms with E-state index < -0.39 is 5.82 Å². The van der Waals surface area contributed by atoms with Gasteiger partial charge >= 0.3 is 0 Å². The first-order chi connectivity index (χ1) is 14.4. The van der Waals surface area contributed by atoms with Crippen LogP contribution in [0, 0.1) is 43.8 Å². The number of nitrogens with one attached hydrogen (secondary N) is 1. The molecule has 4 rings (SSSR count). The monoisotopic (exact) mass is 408 g/mol. The number of amides is 1. The second-order valence-electron chi connectivity index (χ2n) is 8.11. The van der Waals surface area contributed by atoms with E-state index in [1.54, 1.807) is 19.2 Å². The highest BCUT2D eigenvalue weighted by atomic mass is 19.1. The number of anilines is 1. The Morgan fingerprint density at radius 3 is 2.80 bits per heavy atom. The number of rotatable bonds is 6. The van der Waals surface area contributed by atoms with Gasteiger partial charge < -0.3 is 10.1 Å². The maximum Gasteiger partial charge on any atom is 0.229 e. The molecule has 0 aliphatic heterocycles. The average Bonchev–Trinajstić information content (AvgIpc) is 3.47. The Labute approximate surface area is 175 Å². The number of ether oxygens (including phenoxy) is 1. The zero-order valence-corrected chi connectivity index (χ0v) is 17.4. The van der Waals surface area contributed by atoms with Gasteiger partial charge in [0.15, 0.2) is 5.75 Å². The van der Waals surface area contributed by atoms with Crippen molar-refractivity contribution in [1.82, 2.24) is 15.0 Å². The van der Waals surface area contributed by atoms with Crippen LogP contribution >= 0.6 is 0 Å². The maximum absolute atomic E-state index is 13.5. The lowest BCUT2D eigenvalue weighted by Gasteiger charge is -2.26. The van der Waals surface area contributed by atoms with Crippen LogP contribution in [0.5, 0.6) is 5.75 Å². The predicted molar refractivity (Wildman–Crippen MR) is 111 cm³/mol. The molecule has 2 aromatic heterocycles. The molecule has 1 N–H and O–H groups in total. The SMILES string of the molecule is Cc1ncc(OC[C@@]2(C3C=CC=CC3)C[C@H]2C(=O)Nc2cc(C)c(F)cn2)c(C)n1. The van der Waals surface area contributed by atoms with Crippen LogP contribution in [0.4, 0.5) is 10.2 Å². The molecule has 156 valence electrons. The second kappa shape index (κ2) is 7.97. The smallest absolute Gasteiger partial charge is 0.229 e. The zero-order chi connectivity index (χ0) is 21.3. The van der Waals surface area contributed by atoms with E-state index >= 15 is 0 Å². The van der Waals surface area contributed by atoms with Crippen LogP contribution in [0.25, 0.3) is 0 Å². The van der Waals surface area contributed by atoms with Crippen molar-refractivity contribution < 1.29 is 13.9 Å².